The number of nitrogens with zero attached hydrogens (tertiary/aromatic N) is 3. The van der Waals surface area contributed by atoms with Crippen LogP contribution in [0.1, 0.15) is 11.4 Å². The molecule has 0 saturated carbocycles. The second-order valence-electron chi connectivity index (χ2n) is 6.29. The Morgan fingerprint density at radius 2 is 1.82 bits per heavy atom. The van der Waals surface area contributed by atoms with Gasteiger partial charge in [-0.1, -0.05) is 12.1 Å². The number of aryl methyl sites for hydroxylation is 1. The lowest BCUT2D eigenvalue weighted by Crippen LogP contribution is -2.22. The van der Waals surface area contributed by atoms with Crippen molar-refractivity contribution in [3.8, 4) is 11.4 Å². The number of rotatable bonds is 3. The summed E-state index contributed by atoms with van der Waals surface area (Å²) in [4.78, 5) is 22.0. The van der Waals surface area contributed by atoms with Gasteiger partial charge in [0, 0.05) is 15.3 Å². The molecule has 0 atom stereocenters. The second-order valence-corrected chi connectivity index (χ2v) is 7.54. The molecule has 6 heteroatoms. The van der Waals surface area contributed by atoms with Gasteiger partial charge in [0.15, 0.2) is 0 Å². The number of aliphatic imine (C=N–C) groups is 1. The van der Waals surface area contributed by atoms with Gasteiger partial charge in [-0.05, 0) is 84.1 Å². The Labute approximate surface area is 175 Å². The van der Waals surface area contributed by atoms with Crippen LogP contribution in [-0.4, -0.2) is 20.9 Å². The highest BCUT2D eigenvalue weighted by molar-refractivity contribution is 14.1. The van der Waals surface area contributed by atoms with Crippen LogP contribution in [0.2, 0.25) is 0 Å². The van der Waals surface area contributed by atoms with E-state index in [-0.39, 0.29) is 11.3 Å². The number of hydrogen-bond donors (Lipinski definition) is 1. The smallest absolute Gasteiger partial charge is 0.265 e. The maximum atomic E-state index is 13.0. The van der Waals surface area contributed by atoms with Crippen molar-refractivity contribution in [2.75, 3.05) is 0 Å². The van der Waals surface area contributed by atoms with E-state index in [1.54, 1.807) is 29.0 Å². The molecular formula is C22H16IN3O2. The van der Waals surface area contributed by atoms with Crippen molar-refractivity contribution in [2.24, 2.45) is 4.99 Å². The Morgan fingerprint density at radius 1 is 1.07 bits per heavy atom. The van der Waals surface area contributed by atoms with Crippen molar-refractivity contribution in [2.45, 2.75) is 6.92 Å². The van der Waals surface area contributed by atoms with Crippen LogP contribution in [0.5, 0.6) is 5.75 Å². The zero-order valence-electron chi connectivity index (χ0n) is 15.0. The van der Waals surface area contributed by atoms with Crippen LogP contribution in [0, 0.1) is 10.5 Å². The van der Waals surface area contributed by atoms with Crippen molar-refractivity contribution in [3.05, 3.63) is 92.0 Å². The minimum Gasteiger partial charge on any atom is -0.507 e. The van der Waals surface area contributed by atoms with Crippen molar-refractivity contribution < 1.29 is 5.11 Å². The summed E-state index contributed by atoms with van der Waals surface area (Å²) in [6.45, 7) is 1.82. The number of benzene rings is 3. The molecule has 0 aliphatic heterocycles. The lowest BCUT2D eigenvalue weighted by molar-refractivity contribution is 0.474. The predicted octanol–water partition coefficient (Wildman–Crippen LogP) is 4.75. The van der Waals surface area contributed by atoms with Crippen LogP contribution in [0.15, 0.2) is 76.5 Å². The fourth-order valence-electron chi connectivity index (χ4n) is 3.00. The summed E-state index contributed by atoms with van der Waals surface area (Å²) in [7, 11) is 0. The van der Waals surface area contributed by atoms with Gasteiger partial charge in [-0.25, -0.2) is 4.98 Å². The van der Waals surface area contributed by atoms with E-state index in [0.29, 0.717) is 22.3 Å². The molecule has 4 rings (SSSR count). The Balaban J connectivity index is 1.71. The molecule has 0 aliphatic rings. The molecule has 4 aromatic rings. The summed E-state index contributed by atoms with van der Waals surface area (Å²) in [5.74, 6) is 0.811. The Morgan fingerprint density at radius 3 is 2.57 bits per heavy atom. The number of hydrogen-bond acceptors (Lipinski definition) is 4. The van der Waals surface area contributed by atoms with Crippen molar-refractivity contribution in [1.29, 1.82) is 0 Å². The van der Waals surface area contributed by atoms with Gasteiger partial charge in [-0.15, -0.1) is 0 Å². The lowest BCUT2D eigenvalue weighted by Gasteiger charge is -2.11. The number of phenolic OH excluding ortho intramolecular Hbond substituents is 1. The minimum atomic E-state index is -0.0912. The van der Waals surface area contributed by atoms with Crippen molar-refractivity contribution >= 4 is 45.4 Å². The Hall–Kier alpha value is -3.00. The number of aromatic hydroxyl groups is 1. The molecule has 0 aliphatic carbocycles. The van der Waals surface area contributed by atoms with E-state index in [1.807, 2.05) is 55.5 Å². The molecule has 138 valence electrons. The van der Waals surface area contributed by atoms with Crippen molar-refractivity contribution in [1.82, 2.24) is 9.55 Å². The van der Waals surface area contributed by atoms with Gasteiger partial charge in [0.1, 0.15) is 11.6 Å². The van der Waals surface area contributed by atoms with Gasteiger partial charge in [-0.3, -0.25) is 14.4 Å². The van der Waals surface area contributed by atoms with E-state index in [0.717, 1.165) is 14.9 Å². The van der Waals surface area contributed by atoms with E-state index >= 15 is 0 Å². The highest BCUT2D eigenvalue weighted by atomic mass is 127. The third kappa shape index (κ3) is 3.55. The van der Waals surface area contributed by atoms with Gasteiger partial charge < -0.3 is 5.11 Å². The largest absolute Gasteiger partial charge is 0.507 e. The highest BCUT2D eigenvalue weighted by Gasteiger charge is 2.10. The van der Waals surface area contributed by atoms with Crippen molar-refractivity contribution in [3.63, 3.8) is 0 Å². The molecule has 0 spiro atoms. The zero-order chi connectivity index (χ0) is 19.7. The fraction of sp³-hybridized carbons (Fsp3) is 0.0455. The van der Waals surface area contributed by atoms with Crippen LogP contribution in [0.4, 0.5) is 5.69 Å². The first kappa shape index (κ1) is 18.4. The van der Waals surface area contributed by atoms with Gasteiger partial charge in [-0.2, -0.15) is 0 Å². The molecule has 0 fully saturated rings. The SMILES string of the molecule is Cc1nc2ccc(I)cc2c(=O)n1-c1ccc(N=Cc2ccccc2O)cc1. The molecule has 0 unspecified atom stereocenters. The first-order valence-electron chi connectivity index (χ1n) is 8.64. The molecule has 0 saturated heterocycles. The van der Waals surface area contributed by atoms with Crippen LogP contribution in [0.25, 0.3) is 16.6 Å². The zero-order valence-corrected chi connectivity index (χ0v) is 17.2. The van der Waals surface area contributed by atoms with Gasteiger partial charge in [0.05, 0.1) is 22.3 Å². The van der Waals surface area contributed by atoms with Gasteiger partial charge >= 0.3 is 0 Å². The van der Waals surface area contributed by atoms with Gasteiger partial charge in [0.25, 0.3) is 5.56 Å². The van der Waals surface area contributed by atoms with Crippen LogP contribution >= 0.6 is 22.6 Å². The topological polar surface area (TPSA) is 67.5 Å². The third-order valence-corrected chi connectivity index (χ3v) is 5.07. The molecule has 1 N–H and O–H groups in total. The standard InChI is InChI=1S/C22H16IN3O2/c1-14-25-20-11-6-16(23)12-19(20)22(28)26(14)18-9-7-17(8-10-18)24-13-15-4-2-3-5-21(15)27/h2-13,27H,1H3. The van der Waals surface area contributed by atoms with E-state index in [1.165, 1.54) is 0 Å². The molecule has 0 radical (unpaired) electrons. The number of phenols is 1. The molecular weight excluding hydrogens is 465 g/mol. The summed E-state index contributed by atoms with van der Waals surface area (Å²) < 4.78 is 2.60. The summed E-state index contributed by atoms with van der Waals surface area (Å²) in [5.41, 5.74) is 2.71. The minimum absolute atomic E-state index is 0.0912. The molecule has 28 heavy (non-hydrogen) atoms. The quantitative estimate of drug-likeness (QED) is 0.339. The average Bonchev–Trinajstić information content (AvgIpc) is 2.69. The number of halogens is 1. The molecule has 0 bridgehead atoms. The molecule has 1 heterocycles. The normalized spacial score (nSPS) is 11.4. The average molecular weight is 481 g/mol. The lowest BCUT2D eigenvalue weighted by atomic mass is 10.2. The van der Waals surface area contributed by atoms with Gasteiger partial charge in [0.2, 0.25) is 0 Å². The third-order valence-electron chi connectivity index (χ3n) is 4.40. The summed E-state index contributed by atoms with van der Waals surface area (Å²) >= 11 is 2.19. The first-order chi connectivity index (χ1) is 13.5. The molecule has 5 nitrogen and oxygen atoms in total. The summed E-state index contributed by atoms with van der Waals surface area (Å²) in [5, 5.41) is 10.4. The second kappa shape index (κ2) is 7.55. The van der Waals surface area contributed by atoms with E-state index in [4.69, 9.17) is 0 Å². The fourth-order valence-corrected chi connectivity index (χ4v) is 3.49. The first-order valence-corrected chi connectivity index (χ1v) is 9.72. The molecule has 3 aromatic carbocycles. The monoisotopic (exact) mass is 481 g/mol. The number of fused-ring (bicyclic) bond motifs is 1. The maximum absolute atomic E-state index is 13.0. The molecule has 1 aromatic heterocycles. The Bertz CT molecular complexity index is 1260. The highest BCUT2D eigenvalue weighted by Crippen LogP contribution is 2.20. The number of para-hydroxylation sites is 1. The van der Waals surface area contributed by atoms with Crippen LogP contribution < -0.4 is 5.56 Å². The van der Waals surface area contributed by atoms with E-state index in [9.17, 15) is 9.90 Å². The maximum Gasteiger partial charge on any atom is 0.265 e. The van der Waals surface area contributed by atoms with Crippen LogP contribution in [-0.2, 0) is 0 Å². The Kier molecular flexibility index (Phi) is 4.95. The van der Waals surface area contributed by atoms with Crippen LogP contribution in [0.3, 0.4) is 0 Å². The van der Waals surface area contributed by atoms with E-state index in [2.05, 4.69) is 32.6 Å². The summed E-state index contributed by atoms with van der Waals surface area (Å²) in [6.07, 6.45) is 1.61. The number of aromatic nitrogens is 2. The summed E-state index contributed by atoms with van der Waals surface area (Å²) in [6, 6.07) is 20.0. The molecule has 0 amide bonds. The predicted molar refractivity (Wildman–Crippen MR) is 120 cm³/mol. The van der Waals surface area contributed by atoms with E-state index < -0.39 is 0 Å².